The molecule has 0 aliphatic carbocycles. The normalized spacial score (nSPS) is 15.5. The zero-order chi connectivity index (χ0) is 15.1. The maximum atomic E-state index is 13.8. The van der Waals surface area contributed by atoms with Crippen LogP contribution in [-0.2, 0) is 0 Å². The van der Waals surface area contributed by atoms with Crippen LogP contribution < -0.4 is 10.2 Å². The van der Waals surface area contributed by atoms with Gasteiger partial charge in [-0.05, 0) is 18.4 Å². The predicted octanol–water partition coefficient (Wildman–Crippen LogP) is 2.50. The molecule has 0 spiro atoms. The van der Waals surface area contributed by atoms with Crippen molar-refractivity contribution in [3.63, 3.8) is 0 Å². The number of rotatable bonds is 4. The van der Waals surface area contributed by atoms with Crippen LogP contribution in [0.15, 0.2) is 29.3 Å². The number of nitrogens with one attached hydrogen (secondary N) is 1. The van der Waals surface area contributed by atoms with Crippen LogP contribution in [-0.4, -0.2) is 62.6 Å². The number of piperazine rings is 1. The van der Waals surface area contributed by atoms with E-state index in [2.05, 4.69) is 26.4 Å². The van der Waals surface area contributed by atoms with Gasteiger partial charge < -0.3 is 15.1 Å². The van der Waals surface area contributed by atoms with Gasteiger partial charge in [0.25, 0.3) is 0 Å². The monoisotopic (exact) mass is 438 g/mol. The second kappa shape index (κ2) is 10.1. The molecule has 1 aliphatic heterocycles. The standard InChI is InChI=1S/C15H23FN4S.HI/c1-17-15(18-7-12-21-2)20-10-8-19(9-11-20)14-6-4-3-5-13(14)16;/h3-6H,7-12H2,1-2H3,(H,17,18);1H. The lowest BCUT2D eigenvalue weighted by Crippen LogP contribution is -2.53. The SMILES string of the molecule is CN=C(NCCSC)N1CCN(c2ccccc2F)CC1.I. The first-order valence-corrected chi connectivity index (χ1v) is 8.59. The van der Waals surface area contributed by atoms with Crippen molar-refractivity contribution < 1.29 is 4.39 Å². The van der Waals surface area contributed by atoms with Gasteiger partial charge in [0.2, 0.25) is 0 Å². The minimum Gasteiger partial charge on any atom is -0.366 e. The summed E-state index contributed by atoms with van der Waals surface area (Å²) in [6.07, 6.45) is 2.09. The average Bonchev–Trinajstić information content (AvgIpc) is 2.53. The molecule has 7 heteroatoms. The maximum absolute atomic E-state index is 13.8. The van der Waals surface area contributed by atoms with Crippen LogP contribution in [0.1, 0.15) is 0 Å². The number of halogens is 2. The van der Waals surface area contributed by atoms with Crippen LogP contribution in [0, 0.1) is 5.82 Å². The van der Waals surface area contributed by atoms with E-state index in [0.29, 0.717) is 5.69 Å². The molecule has 0 bridgehead atoms. The average molecular weight is 438 g/mol. The molecule has 1 saturated heterocycles. The Kier molecular flexibility index (Phi) is 8.92. The Balaban J connectivity index is 0.00000242. The number of guanidine groups is 1. The third-order valence-corrected chi connectivity index (χ3v) is 4.19. The summed E-state index contributed by atoms with van der Waals surface area (Å²) in [6.45, 7) is 4.25. The molecule has 1 fully saturated rings. The summed E-state index contributed by atoms with van der Waals surface area (Å²) in [5.74, 6) is 1.86. The molecule has 1 aromatic carbocycles. The summed E-state index contributed by atoms with van der Waals surface area (Å²) < 4.78 is 13.8. The highest BCUT2D eigenvalue weighted by Crippen LogP contribution is 2.20. The fourth-order valence-electron chi connectivity index (χ4n) is 2.46. The Morgan fingerprint density at radius 3 is 2.55 bits per heavy atom. The van der Waals surface area contributed by atoms with Gasteiger partial charge >= 0.3 is 0 Å². The number of benzene rings is 1. The van der Waals surface area contributed by atoms with Gasteiger partial charge in [-0.1, -0.05) is 12.1 Å². The highest BCUT2D eigenvalue weighted by Gasteiger charge is 2.21. The Morgan fingerprint density at radius 2 is 1.95 bits per heavy atom. The van der Waals surface area contributed by atoms with Crippen molar-refractivity contribution in [2.75, 3.05) is 56.7 Å². The van der Waals surface area contributed by atoms with Crippen molar-refractivity contribution in [2.24, 2.45) is 4.99 Å². The van der Waals surface area contributed by atoms with Gasteiger partial charge in [-0.2, -0.15) is 11.8 Å². The fraction of sp³-hybridized carbons (Fsp3) is 0.533. The second-order valence-corrected chi connectivity index (χ2v) is 5.88. The van der Waals surface area contributed by atoms with E-state index in [1.807, 2.05) is 30.9 Å². The van der Waals surface area contributed by atoms with E-state index in [0.717, 1.165) is 44.4 Å². The zero-order valence-electron chi connectivity index (χ0n) is 13.1. The van der Waals surface area contributed by atoms with Crippen LogP contribution >= 0.6 is 35.7 Å². The molecule has 0 atom stereocenters. The van der Waals surface area contributed by atoms with Crippen molar-refractivity contribution in [2.45, 2.75) is 0 Å². The maximum Gasteiger partial charge on any atom is 0.193 e. The van der Waals surface area contributed by atoms with Crippen LogP contribution in [0.25, 0.3) is 0 Å². The quantitative estimate of drug-likeness (QED) is 0.339. The first kappa shape index (κ1) is 19.3. The summed E-state index contributed by atoms with van der Waals surface area (Å²) in [5.41, 5.74) is 0.697. The van der Waals surface area contributed by atoms with E-state index in [1.54, 1.807) is 6.07 Å². The number of aliphatic imine (C=N–C) groups is 1. The summed E-state index contributed by atoms with van der Waals surface area (Å²) in [6, 6.07) is 6.97. The van der Waals surface area contributed by atoms with Gasteiger partial charge in [-0.3, -0.25) is 4.99 Å². The predicted molar refractivity (Wildman–Crippen MR) is 105 cm³/mol. The van der Waals surface area contributed by atoms with Crippen molar-refractivity contribution in [3.05, 3.63) is 30.1 Å². The molecule has 0 saturated carbocycles. The highest BCUT2D eigenvalue weighted by atomic mass is 127. The third-order valence-electron chi connectivity index (χ3n) is 3.57. The van der Waals surface area contributed by atoms with Gasteiger partial charge in [-0.25, -0.2) is 4.39 Å². The summed E-state index contributed by atoms with van der Waals surface area (Å²) >= 11 is 1.81. The van der Waals surface area contributed by atoms with E-state index in [9.17, 15) is 4.39 Å². The summed E-state index contributed by atoms with van der Waals surface area (Å²) in [5, 5.41) is 3.37. The molecule has 1 N–H and O–H groups in total. The number of anilines is 1. The van der Waals surface area contributed by atoms with Gasteiger partial charge in [0.1, 0.15) is 5.82 Å². The summed E-state index contributed by atoms with van der Waals surface area (Å²) in [4.78, 5) is 8.66. The first-order chi connectivity index (χ1) is 10.3. The Hall–Kier alpha value is -0.700. The molecule has 1 aromatic rings. The van der Waals surface area contributed by atoms with Gasteiger partial charge in [0.15, 0.2) is 5.96 Å². The Morgan fingerprint density at radius 1 is 1.27 bits per heavy atom. The Bertz CT molecular complexity index is 478. The van der Waals surface area contributed by atoms with E-state index < -0.39 is 0 Å². The smallest absolute Gasteiger partial charge is 0.193 e. The lowest BCUT2D eigenvalue weighted by molar-refractivity contribution is 0.372. The van der Waals surface area contributed by atoms with Crippen LogP contribution in [0.2, 0.25) is 0 Å². The van der Waals surface area contributed by atoms with Gasteiger partial charge in [0, 0.05) is 45.5 Å². The molecule has 2 rings (SSSR count). The number of hydrogen-bond acceptors (Lipinski definition) is 3. The molecule has 0 aromatic heterocycles. The molecule has 22 heavy (non-hydrogen) atoms. The molecule has 0 amide bonds. The molecular formula is C15H24FIN4S. The van der Waals surface area contributed by atoms with Crippen molar-refractivity contribution in [1.82, 2.24) is 10.2 Å². The minimum atomic E-state index is -0.145. The number of hydrogen-bond donors (Lipinski definition) is 1. The van der Waals surface area contributed by atoms with Crippen LogP contribution in [0.5, 0.6) is 0 Å². The molecule has 1 aliphatic rings. The van der Waals surface area contributed by atoms with Crippen LogP contribution in [0.4, 0.5) is 10.1 Å². The van der Waals surface area contributed by atoms with Crippen LogP contribution in [0.3, 0.4) is 0 Å². The second-order valence-electron chi connectivity index (χ2n) is 4.89. The summed E-state index contributed by atoms with van der Waals surface area (Å²) in [7, 11) is 1.81. The molecular weight excluding hydrogens is 414 g/mol. The Labute approximate surface area is 153 Å². The van der Waals surface area contributed by atoms with E-state index in [4.69, 9.17) is 0 Å². The number of para-hydroxylation sites is 1. The zero-order valence-corrected chi connectivity index (χ0v) is 16.2. The molecule has 4 nitrogen and oxygen atoms in total. The van der Waals surface area contributed by atoms with E-state index >= 15 is 0 Å². The van der Waals surface area contributed by atoms with E-state index in [1.165, 1.54) is 6.07 Å². The molecule has 1 heterocycles. The minimum absolute atomic E-state index is 0. The van der Waals surface area contributed by atoms with Gasteiger partial charge in [0.05, 0.1) is 5.69 Å². The van der Waals surface area contributed by atoms with Crippen molar-refractivity contribution >= 4 is 47.4 Å². The highest BCUT2D eigenvalue weighted by molar-refractivity contribution is 14.0. The van der Waals surface area contributed by atoms with E-state index in [-0.39, 0.29) is 29.8 Å². The largest absolute Gasteiger partial charge is 0.366 e. The molecule has 124 valence electrons. The lowest BCUT2D eigenvalue weighted by Gasteiger charge is -2.37. The number of thioether (sulfide) groups is 1. The van der Waals surface area contributed by atoms with Gasteiger partial charge in [-0.15, -0.1) is 24.0 Å². The number of nitrogens with zero attached hydrogens (tertiary/aromatic N) is 3. The lowest BCUT2D eigenvalue weighted by atomic mass is 10.2. The topological polar surface area (TPSA) is 30.9 Å². The van der Waals surface area contributed by atoms with Crippen molar-refractivity contribution in [3.8, 4) is 0 Å². The first-order valence-electron chi connectivity index (χ1n) is 7.20. The molecule has 0 unspecified atom stereocenters. The molecule has 0 radical (unpaired) electrons. The van der Waals surface area contributed by atoms with Crippen molar-refractivity contribution in [1.29, 1.82) is 0 Å². The third kappa shape index (κ3) is 5.19. The fourth-order valence-corrected chi connectivity index (χ4v) is 2.77.